The zero-order valence-corrected chi connectivity index (χ0v) is 16.8. The van der Waals surface area contributed by atoms with Crippen LogP contribution < -0.4 is 15.4 Å². The predicted molar refractivity (Wildman–Crippen MR) is 102 cm³/mol. The molecule has 1 amide bonds. The normalized spacial score (nSPS) is 22.0. The van der Waals surface area contributed by atoms with Gasteiger partial charge in [-0.25, -0.2) is 22.3 Å². The van der Waals surface area contributed by atoms with Crippen LogP contribution in [-0.2, 0) is 14.8 Å². The summed E-state index contributed by atoms with van der Waals surface area (Å²) in [6.07, 6.45) is -0.457. The monoisotopic (exact) mass is 446 g/mol. The Labute approximate surface area is 169 Å². The largest absolute Gasteiger partial charge is 0.368 e. The Morgan fingerprint density at radius 3 is 2.11 bits per heavy atom. The van der Waals surface area contributed by atoms with Crippen LogP contribution in [0.2, 0.25) is 0 Å². The molecule has 3 rings (SSSR count). The number of hydrogen-bond acceptors (Lipinski definition) is 5. The second-order valence-corrected chi connectivity index (χ2v) is 7.91. The molecule has 0 bridgehead atoms. The molecule has 2 aliphatic heterocycles. The van der Waals surface area contributed by atoms with Crippen LogP contribution in [0, 0.1) is 0 Å². The molecule has 2 fully saturated rings. The Bertz CT molecular complexity index is 757. The molecule has 1 aromatic rings. The second-order valence-electron chi connectivity index (χ2n) is 6.34. The van der Waals surface area contributed by atoms with Crippen LogP contribution in [0.3, 0.4) is 0 Å². The van der Waals surface area contributed by atoms with Crippen molar-refractivity contribution in [1.82, 2.24) is 10.2 Å². The lowest BCUT2D eigenvalue weighted by molar-refractivity contribution is -0.134. The second kappa shape index (κ2) is 8.87. The number of rotatable bonds is 3. The van der Waals surface area contributed by atoms with Gasteiger partial charge in [0.25, 0.3) is 5.92 Å². The first kappa shape index (κ1) is 23.8. The van der Waals surface area contributed by atoms with Gasteiger partial charge in [0.05, 0.1) is 17.5 Å². The van der Waals surface area contributed by atoms with Crippen molar-refractivity contribution < 1.29 is 22.0 Å². The number of halogens is 4. The maximum atomic E-state index is 13.2. The summed E-state index contributed by atoms with van der Waals surface area (Å²) in [4.78, 5) is 16.0. The van der Waals surface area contributed by atoms with E-state index in [9.17, 15) is 22.0 Å². The molecule has 154 valence electrons. The van der Waals surface area contributed by atoms with Gasteiger partial charge in [-0.3, -0.25) is 10.1 Å². The third-order valence-electron chi connectivity index (χ3n) is 4.53. The van der Waals surface area contributed by atoms with E-state index in [4.69, 9.17) is 5.14 Å². The van der Waals surface area contributed by atoms with Gasteiger partial charge in [-0.15, -0.1) is 24.8 Å². The molecule has 0 radical (unpaired) electrons. The maximum Gasteiger partial charge on any atom is 0.262 e. The van der Waals surface area contributed by atoms with Crippen molar-refractivity contribution in [3.63, 3.8) is 0 Å². The Morgan fingerprint density at radius 2 is 1.67 bits per heavy atom. The number of primary sulfonamides is 1. The molecule has 7 nitrogen and oxygen atoms in total. The predicted octanol–water partition coefficient (Wildman–Crippen LogP) is 0.823. The summed E-state index contributed by atoms with van der Waals surface area (Å²) >= 11 is 0. The lowest BCUT2D eigenvalue weighted by atomic mass is 10.1. The Kier molecular flexibility index (Phi) is 7.83. The van der Waals surface area contributed by atoms with Crippen LogP contribution >= 0.6 is 24.8 Å². The van der Waals surface area contributed by atoms with E-state index >= 15 is 0 Å². The summed E-state index contributed by atoms with van der Waals surface area (Å²) in [6, 6.07) is 5.38. The van der Waals surface area contributed by atoms with E-state index in [0.717, 1.165) is 5.69 Å². The van der Waals surface area contributed by atoms with Crippen molar-refractivity contribution in [3.8, 4) is 0 Å². The number of piperazine rings is 1. The third-order valence-corrected chi connectivity index (χ3v) is 5.46. The molecule has 1 unspecified atom stereocenters. The molecule has 0 aromatic heterocycles. The Morgan fingerprint density at radius 1 is 1.11 bits per heavy atom. The summed E-state index contributed by atoms with van der Waals surface area (Å²) in [6.45, 7) is 1.49. The fourth-order valence-corrected chi connectivity index (χ4v) is 3.66. The highest BCUT2D eigenvalue weighted by Crippen LogP contribution is 2.26. The molecule has 12 heteroatoms. The molecule has 2 heterocycles. The minimum absolute atomic E-state index is 0. The topological polar surface area (TPSA) is 95.7 Å². The number of hydrogen-bond donors (Lipinski definition) is 2. The van der Waals surface area contributed by atoms with Crippen LogP contribution in [-0.4, -0.2) is 63.9 Å². The zero-order valence-electron chi connectivity index (χ0n) is 14.3. The number of amides is 1. The van der Waals surface area contributed by atoms with E-state index in [1.165, 1.54) is 12.1 Å². The SMILES string of the molecule is Cl.Cl.NS(=O)(=O)c1ccc(N2CCN(C(=O)C3CC(F)(F)CN3)CC2)cc1. The summed E-state index contributed by atoms with van der Waals surface area (Å²) < 4.78 is 49.0. The fourth-order valence-electron chi connectivity index (χ4n) is 3.14. The number of alkyl halides is 2. The van der Waals surface area contributed by atoms with Crippen molar-refractivity contribution in [2.45, 2.75) is 23.3 Å². The van der Waals surface area contributed by atoms with Crippen LogP contribution in [0.1, 0.15) is 6.42 Å². The number of carbonyl (C=O) groups excluding carboxylic acids is 1. The van der Waals surface area contributed by atoms with Gasteiger partial charge in [0.15, 0.2) is 0 Å². The highest BCUT2D eigenvalue weighted by Gasteiger charge is 2.43. The average molecular weight is 447 g/mol. The van der Waals surface area contributed by atoms with Gasteiger partial charge in [-0.2, -0.15) is 0 Å². The highest BCUT2D eigenvalue weighted by molar-refractivity contribution is 7.89. The Balaban J connectivity index is 0.00000182. The van der Waals surface area contributed by atoms with E-state index in [-0.39, 0.29) is 35.6 Å². The molecular weight excluding hydrogens is 425 g/mol. The van der Waals surface area contributed by atoms with Crippen LogP contribution in [0.5, 0.6) is 0 Å². The van der Waals surface area contributed by atoms with E-state index in [1.54, 1.807) is 17.0 Å². The van der Waals surface area contributed by atoms with E-state index < -0.39 is 35.0 Å². The fraction of sp³-hybridized carbons (Fsp3) is 0.533. The number of benzene rings is 1. The first-order valence-corrected chi connectivity index (χ1v) is 9.48. The molecule has 2 saturated heterocycles. The number of carbonyl (C=O) groups is 1. The number of sulfonamides is 1. The van der Waals surface area contributed by atoms with Crippen molar-refractivity contribution in [2.24, 2.45) is 5.14 Å². The lowest BCUT2D eigenvalue weighted by Gasteiger charge is -2.37. The smallest absolute Gasteiger partial charge is 0.262 e. The number of nitrogens with zero attached hydrogens (tertiary/aromatic N) is 2. The van der Waals surface area contributed by atoms with E-state index in [2.05, 4.69) is 5.32 Å². The van der Waals surface area contributed by atoms with Crippen LogP contribution in [0.4, 0.5) is 14.5 Å². The summed E-state index contributed by atoms with van der Waals surface area (Å²) in [7, 11) is -3.73. The number of nitrogens with two attached hydrogens (primary N) is 1. The van der Waals surface area contributed by atoms with Crippen molar-refractivity contribution >= 4 is 46.4 Å². The third kappa shape index (κ3) is 5.64. The molecule has 27 heavy (non-hydrogen) atoms. The van der Waals surface area contributed by atoms with Crippen molar-refractivity contribution in [1.29, 1.82) is 0 Å². The summed E-state index contributed by atoms with van der Waals surface area (Å²) in [5, 5.41) is 7.65. The molecule has 1 aromatic carbocycles. The number of nitrogens with one attached hydrogen (secondary N) is 1. The average Bonchev–Trinajstić information content (AvgIpc) is 2.94. The van der Waals surface area contributed by atoms with Gasteiger partial charge in [0.2, 0.25) is 15.9 Å². The minimum Gasteiger partial charge on any atom is -0.368 e. The summed E-state index contributed by atoms with van der Waals surface area (Å²) in [5.41, 5.74) is 0.824. The first-order chi connectivity index (χ1) is 11.7. The summed E-state index contributed by atoms with van der Waals surface area (Å²) in [5.74, 6) is -3.12. The molecule has 0 spiro atoms. The van der Waals surface area contributed by atoms with Gasteiger partial charge in [-0.05, 0) is 24.3 Å². The van der Waals surface area contributed by atoms with Gasteiger partial charge in [0.1, 0.15) is 0 Å². The maximum absolute atomic E-state index is 13.2. The first-order valence-electron chi connectivity index (χ1n) is 7.93. The molecule has 3 N–H and O–H groups in total. The lowest BCUT2D eigenvalue weighted by Crippen LogP contribution is -2.53. The molecule has 2 aliphatic rings. The van der Waals surface area contributed by atoms with Crippen molar-refractivity contribution in [2.75, 3.05) is 37.6 Å². The molecular formula is C15H22Cl2F2N4O3S. The van der Waals surface area contributed by atoms with Gasteiger partial charge >= 0.3 is 0 Å². The number of anilines is 1. The molecule has 1 atom stereocenters. The van der Waals surface area contributed by atoms with Gasteiger partial charge in [-0.1, -0.05) is 0 Å². The highest BCUT2D eigenvalue weighted by atomic mass is 35.5. The quantitative estimate of drug-likeness (QED) is 0.716. The van der Waals surface area contributed by atoms with Gasteiger partial charge < -0.3 is 9.80 Å². The zero-order chi connectivity index (χ0) is 18.2. The van der Waals surface area contributed by atoms with E-state index in [0.29, 0.717) is 26.2 Å². The van der Waals surface area contributed by atoms with Crippen LogP contribution in [0.25, 0.3) is 0 Å². The van der Waals surface area contributed by atoms with Gasteiger partial charge in [0, 0.05) is 38.3 Å². The Hall–Kier alpha value is -1.20. The van der Waals surface area contributed by atoms with Crippen LogP contribution in [0.15, 0.2) is 29.2 Å². The minimum atomic E-state index is -3.73. The molecule has 0 saturated carbocycles. The van der Waals surface area contributed by atoms with E-state index in [1.807, 2.05) is 4.90 Å². The van der Waals surface area contributed by atoms with Crippen molar-refractivity contribution in [3.05, 3.63) is 24.3 Å². The molecule has 0 aliphatic carbocycles. The standard InChI is InChI=1S/C15H20F2N4O3S.2ClH/c16-15(17)9-13(19-10-15)14(22)21-7-5-20(6-8-21)11-1-3-12(4-2-11)25(18,23)24;;/h1-4,13,19H,5-10H2,(H2,18,23,24);2*1H.